The number of hydrogen-bond donors (Lipinski definition) is 2. The van der Waals surface area contributed by atoms with Crippen LogP contribution >= 0.6 is 0 Å². The fourth-order valence-electron chi connectivity index (χ4n) is 2.82. The highest BCUT2D eigenvalue weighted by atomic mass is 16.3. The average molecular weight is 322 g/mol. The highest BCUT2D eigenvalue weighted by Crippen LogP contribution is 2.29. The van der Waals surface area contributed by atoms with E-state index in [1.807, 2.05) is 0 Å². The van der Waals surface area contributed by atoms with Crippen molar-refractivity contribution in [3.63, 3.8) is 0 Å². The van der Waals surface area contributed by atoms with Gasteiger partial charge < -0.3 is 19.0 Å². The van der Waals surface area contributed by atoms with Crippen LogP contribution < -0.4 is 0 Å². The molecule has 0 unspecified atom stereocenters. The molecular weight excluding hydrogens is 308 g/mol. The van der Waals surface area contributed by atoms with Crippen molar-refractivity contribution in [3.05, 3.63) is 60.1 Å². The Morgan fingerprint density at radius 1 is 0.792 bits per heavy atom. The molecule has 2 aromatic carbocycles. The highest BCUT2D eigenvalue weighted by Gasteiger charge is 2.14. The minimum atomic E-state index is -0.0768. The van der Waals surface area contributed by atoms with Gasteiger partial charge in [-0.2, -0.15) is 0 Å². The minimum absolute atomic E-state index is 0.0768. The number of aromatic hydroxyl groups is 2. The summed E-state index contributed by atoms with van der Waals surface area (Å²) >= 11 is 0. The molecule has 0 amide bonds. The van der Waals surface area contributed by atoms with Crippen molar-refractivity contribution in [2.75, 3.05) is 0 Å². The first-order valence-corrected chi connectivity index (χ1v) is 7.52. The summed E-state index contributed by atoms with van der Waals surface area (Å²) in [7, 11) is 0. The van der Waals surface area contributed by atoms with E-state index in [4.69, 9.17) is 8.83 Å². The van der Waals surface area contributed by atoms with Crippen molar-refractivity contribution in [3.8, 4) is 11.5 Å². The molecule has 2 heterocycles. The molecule has 2 aromatic heterocycles. The van der Waals surface area contributed by atoms with Gasteiger partial charge in [-0.3, -0.25) is 4.79 Å². The zero-order chi connectivity index (χ0) is 16.7. The predicted molar refractivity (Wildman–Crippen MR) is 88.2 cm³/mol. The molecule has 120 valence electrons. The second-order valence-electron chi connectivity index (χ2n) is 5.70. The van der Waals surface area contributed by atoms with Crippen molar-refractivity contribution in [2.24, 2.45) is 0 Å². The SMILES string of the molecule is O=C(Cc1cc2c(O)cccc2o1)Cc1cc2c(O)cccc2o1. The van der Waals surface area contributed by atoms with E-state index in [-0.39, 0.29) is 30.1 Å². The number of hydrogen-bond acceptors (Lipinski definition) is 5. The summed E-state index contributed by atoms with van der Waals surface area (Å²) in [6.07, 6.45) is 0.217. The molecule has 0 aliphatic carbocycles. The molecule has 0 bridgehead atoms. The molecule has 0 spiro atoms. The maximum Gasteiger partial charge on any atom is 0.147 e. The normalized spacial score (nSPS) is 11.3. The first kappa shape index (κ1) is 14.4. The van der Waals surface area contributed by atoms with Crippen molar-refractivity contribution in [2.45, 2.75) is 12.8 Å². The maximum absolute atomic E-state index is 12.3. The Kier molecular flexibility index (Phi) is 3.27. The quantitative estimate of drug-likeness (QED) is 0.594. The van der Waals surface area contributed by atoms with Gasteiger partial charge in [0.05, 0.1) is 23.6 Å². The number of ketones is 1. The van der Waals surface area contributed by atoms with E-state index >= 15 is 0 Å². The van der Waals surface area contributed by atoms with Gasteiger partial charge in [0, 0.05) is 0 Å². The summed E-state index contributed by atoms with van der Waals surface area (Å²) in [4.78, 5) is 12.3. The molecule has 0 aliphatic heterocycles. The summed E-state index contributed by atoms with van der Waals surface area (Å²) < 4.78 is 11.2. The first-order chi connectivity index (χ1) is 11.6. The van der Waals surface area contributed by atoms with Crippen LogP contribution in [0.1, 0.15) is 11.5 Å². The smallest absolute Gasteiger partial charge is 0.147 e. The molecule has 4 rings (SSSR count). The van der Waals surface area contributed by atoms with Crippen LogP contribution in [0.5, 0.6) is 11.5 Å². The number of benzene rings is 2. The van der Waals surface area contributed by atoms with Crippen LogP contribution in [0.3, 0.4) is 0 Å². The number of phenols is 2. The molecule has 5 nitrogen and oxygen atoms in total. The van der Waals surface area contributed by atoms with Gasteiger partial charge in [-0.25, -0.2) is 0 Å². The Morgan fingerprint density at radius 2 is 1.25 bits per heavy atom. The Morgan fingerprint density at radius 3 is 1.67 bits per heavy atom. The number of carbonyl (C=O) groups is 1. The van der Waals surface area contributed by atoms with Crippen LogP contribution in [0.25, 0.3) is 21.9 Å². The van der Waals surface area contributed by atoms with Gasteiger partial charge in [-0.1, -0.05) is 12.1 Å². The number of Topliss-reactive ketones (excluding diaryl/α,β-unsaturated/α-hetero) is 1. The average Bonchev–Trinajstić information content (AvgIpc) is 3.12. The number of phenolic OH excluding ortho intramolecular Hbond substituents is 2. The van der Waals surface area contributed by atoms with Gasteiger partial charge in [-0.05, 0) is 36.4 Å². The van der Waals surface area contributed by atoms with Gasteiger partial charge in [0.2, 0.25) is 0 Å². The number of furan rings is 2. The van der Waals surface area contributed by atoms with E-state index < -0.39 is 0 Å². The minimum Gasteiger partial charge on any atom is -0.507 e. The summed E-state index contributed by atoms with van der Waals surface area (Å²) in [6, 6.07) is 13.4. The third kappa shape index (κ3) is 2.50. The lowest BCUT2D eigenvalue weighted by Gasteiger charge is -1.95. The fraction of sp³-hybridized carbons (Fsp3) is 0.105. The van der Waals surface area contributed by atoms with Gasteiger partial charge in [0.1, 0.15) is 40.0 Å². The second-order valence-corrected chi connectivity index (χ2v) is 5.70. The van der Waals surface area contributed by atoms with E-state index in [1.165, 1.54) is 0 Å². The zero-order valence-electron chi connectivity index (χ0n) is 12.7. The van der Waals surface area contributed by atoms with Crippen molar-refractivity contribution in [1.82, 2.24) is 0 Å². The maximum atomic E-state index is 12.3. The van der Waals surface area contributed by atoms with Crippen LogP contribution in [0.15, 0.2) is 57.4 Å². The molecule has 24 heavy (non-hydrogen) atoms. The monoisotopic (exact) mass is 322 g/mol. The molecule has 0 saturated carbocycles. The van der Waals surface area contributed by atoms with E-state index in [0.717, 1.165) is 0 Å². The Labute approximate surface area is 136 Å². The highest BCUT2D eigenvalue weighted by molar-refractivity contribution is 5.89. The van der Waals surface area contributed by atoms with Crippen LogP contribution in [0.2, 0.25) is 0 Å². The third-order valence-corrected chi connectivity index (χ3v) is 3.92. The Bertz CT molecular complexity index is 970. The molecule has 0 aliphatic rings. The van der Waals surface area contributed by atoms with E-state index in [2.05, 4.69) is 0 Å². The third-order valence-electron chi connectivity index (χ3n) is 3.92. The van der Waals surface area contributed by atoms with Crippen molar-refractivity contribution in [1.29, 1.82) is 0 Å². The van der Waals surface area contributed by atoms with Gasteiger partial charge in [0.15, 0.2) is 0 Å². The van der Waals surface area contributed by atoms with Gasteiger partial charge in [0.25, 0.3) is 0 Å². The zero-order valence-corrected chi connectivity index (χ0v) is 12.7. The van der Waals surface area contributed by atoms with Crippen LogP contribution in [-0.4, -0.2) is 16.0 Å². The van der Waals surface area contributed by atoms with Crippen molar-refractivity contribution < 1.29 is 23.8 Å². The first-order valence-electron chi connectivity index (χ1n) is 7.52. The van der Waals surface area contributed by atoms with E-state index in [1.54, 1.807) is 48.5 Å². The predicted octanol–water partition coefficient (Wildman–Crippen LogP) is 3.94. The van der Waals surface area contributed by atoms with Crippen LogP contribution in [0.4, 0.5) is 0 Å². The summed E-state index contributed by atoms with van der Waals surface area (Å²) in [5.41, 5.74) is 1.10. The van der Waals surface area contributed by atoms with Gasteiger partial charge in [-0.15, -0.1) is 0 Å². The molecule has 5 heteroatoms. The van der Waals surface area contributed by atoms with Crippen molar-refractivity contribution >= 4 is 27.7 Å². The summed E-state index contributed by atoms with van der Waals surface area (Å²) in [5, 5.41) is 20.7. The Hall–Kier alpha value is -3.21. The molecule has 4 aromatic rings. The summed E-state index contributed by atoms with van der Waals surface area (Å²) in [6.45, 7) is 0. The van der Waals surface area contributed by atoms with Gasteiger partial charge >= 0.3 is 0 Å². The molecule has 2 N–H and O–H groups in total. The lowest BCUT2D eigenvalue weighted by Crippen LogP contribution is -2.05. The molecule has 0 atom stereocenters. The number of rotatable bonds is 4. The lowest BCUT2D eigenvalue weighted by atomic mass is 10.1. The molecular formula is C19H14O5. The topological polar surface area (TPSA) is 83.8 Å². The van der Waals surface area contributed by atoms with E-state index in [9.17, 15) is 15.0 Å². The second kappa shape index (κ2) is 5.45. The number of fused-ring (bicyclic) bond motifs is 2. The van der Waals surface area contributed by atoms with E-state index in [0.29, 0.717) is 33.5 Å². The summed E-state index contributed by atoms with van der Waals surface area (Å²) in [5.74, 6) is 1.17. The Balaban J connectivity index is 1.54. The molecule has 0 fully saturated rings. The standard InChI is InChI=1S/C19H14O5/c20-11(7-12-9-14-16(21)3-1-5-18(14)23-12)8-13-10-15-17(22)4-2-6-19(15)24-13/h1-6,9-10,21-22H,7-8H2. The molecule has 0 saturated heterocycles. The molecule has 0 radical (unpaired) electrons. The van der Waals surface area contributed by atoms with Crippen LogP contribution in [-0.2, 0) is 17.6 Å². The number of carbonyl (C=O) groups excluding carboxylic acids is 1. The largest absolute Gasteiger partial charge is 0.507 e. The fourth-order valence-corrected chi connectivity index (χ4v) is 2.82. The van der Waals surface area contributed by atoms with Crippen LogP contribution in [0, 0.1) is 0 Å². The lowest BCUT2D eigenvalue weighted by molar-refractivity contribution is -0.118.